The van der Waals surface area contributed by atoms with Crippen LogP contribution in [0, 0.1) is 5.92 Å². The third-order valence-corrected chi connectivity index (χ3v) is 4.02. The van der Waals surface area contributed by atoms with E-state index < -0.39 is 0 Å². The molecule has 2 N–H and O–H groups in total. The molecule has 1 fully saturated rings. The number of hydrogen-bond donors (Lipinski definition) is 1. The molecule has 1 aromatic carbocycles. The minimum absolute atomic E-state index is 0.347. The first kappa shape index (κ1) is 10.5. The van der Waals surface area contributed by atoms with Gasteiger partial charge in [-0.2, -0.15) is 0 Å². The van der Waals surface area contributed by atoms with Gasteiger partial charge in [-0.15, -0.1) is 0 Å². The summed E-state index contributed by atoms with van der Waals surface area (Å²) < 4.78 is 1.03. The topological polar surface area (TPSA) is 26.0 Å². The minimum Gasteiger partial charge on any atom is -0.327 e. The van der Waals surface area contributed by atoms with E-state index in [0.717, 1.165) is 15.9 Å². The zero-order valence-electron chi connectivity index (χ0n) is 8.00. The summed E-state index contributed by atoms with van der Waals surface area (Å²) in [6, 6.07) is 6.43. The van der Waals surface area contributed by atoms with E-state index in [2.05, 4.69) is 28.9 Å². The molecule has 0 heterocycles. The largest absolute Gasteiger partial charge is 0.327 e. The molecule has 0 radical (unpaired) electrons. The van der Waals surface area contributed by atoms with E-state index in [9.17, 15) is 0 Å². The lowest BCUT2D eigenvalue weighted by molar-refractivity contribution is 0.227. The van der Waals surface area contributed by atoms with Crippen molar-refractivity contribution in [3.8, 4) is 0 Å². The van der Waals surface area contributed by atoms with Crippen molar-refractivity contribution in [2.24, 2.45) is 11.7 Å². The summed E-state index contributed by atoms with van der Waals surface area (Å²) in [5, 5.41) is 0.850. The minimum atomic E-state index is 0.347. The molecule has 3 unspecified atom stereocenters. The number of rotatable bonds is 1. The summed E-state index contributed by atoms with van der Waals surface area (Å²) in [7, 11) is 0. The third-order valence-electron chi connectivity index (χ3n) is 3.20. The van der Waals surface area contributed by atoms with Crippen LogP contribution in [0.2, 0.25) is 5.02 Å². The molecular weight excluding hydrogens is 261 g/mol. The lowest BCUT2D eigenvalue weighted by Gasteiger charge is -2.41. The maximum atomic E-state index is 6.18. The summed E-state index contributed by atoms with van der Waals surface area (Å²) in [6.45, 7) is 2.19. The summed E-state index contributed by atoms with van der Waals surface area (Å²) >= 11 is 9.58. The summed E-state index contributed by atoms with van der Waals surface area (Å²) in [5.41, 5.74) is 7.12. The van der Waals surface area contributed by atoms with Crippen molar-refractivity contribution in [1.29, 1.82) is 0 Å². The fourth-order valence-electron chi connectivity index (χ4n) is 2.04. The van der Waals surface area contributed by atoms with Crippen molar-refractivity contribution in [2.45, 2.75) is 25.3 Å². The highest BCUT2D eigenvalue weighted by Gasteiger charge is 2.36. The first-order valence-electron chi connectivity index (χ1n) is 4.80. The molecule has 3 heteroatoms. The number of nitrogens with two attached hydrogens (primary N) is 1. The van der Waals surface area contributed by atoms with Crippen molar-refractivity contribution in [3.05, 3.63) is 33.3 Å². The van der Waals surface area contributed by atoms with Crippen LogP contribution >= 0.6 is 27.5 Å². The predicted octanol–water partition coefficient (Wildman–Crippen LogP) is 3.55. The van der Waals surface area contributed by atoms with Crippen LogP contribution in [0.5, 0.6) is 0 Å². The molecule has 1 aromatic rings. The van der Waals surface area contributed by atoms with Crippen molar-refractivity contribution >= 4 is 27.5 Å². The zero-order valence-corrected chi connectivity index (χ0v) is 10.3. The number of halogens is 2. The van der Waals surface area contributed by atoms with Gasteiger partial charge >= 0.3 is 0 Å². The second-order valence-electron chi connectivity index (χ2n) is 4.03. The van der Waals surface area contributed by atoms with Crippen LogP contribution in [0.4, 0.5) is 0 Å². The molecule has 0 aromatic heterocycles. The Labute approximate surface area is 97.8 Å². The lowest BCUT2D eigenvalue weighted by atomic mass is 9.67. The van der Waals surface area contributed by atoms with Crippen LogP contribution in [-0.2, 0) is 0 Å². The van der Waals surface area contributed by atoms with Gasteiger partial charge in [0.05, 0.1) is 0 Å². The van der Waals surface area contributed by atoms with E-state index in [4.69, 9.17) is 17.3 Å². The van der Waals surface area contributed by atoms with Crippen LogP contribution in [0.25, 0.3) is 0 Å². The fraction of sp³-hybridized carbons (Fsp3) is 0.455. The molecule has 1 saturated carbocycles. The summed E-state index contributed by atoms with van der Waals surface area (Å²) in [4.78, 5) is 0. The van der Waals surface area contributed by atoms with Crippen LogP contribution in [0.3, 0.4) is 0 Å². The monoisotopic (exact) mass is 273 g/mol. The quantitative estimate of drug-likeness (QED) is 0.833. The van der Waals surface area contributed by atoms with Crippen molar-refractivity contribution in [2.75, 3.05) is 0 Å². The molecule has 0 aliphatic heterocycles. The SMILES string of the molecule is CC1C(N)CC1c1ccc(Br)cc1Cl. The molecule has 1 aliphatic rings. The van der Waals surface area contributed by atoms with Crippen LogP contribution in [-0.4, -0.2) is 6.04 Å². The molecular formula is C11H13BrClN. The van der Waals surface area contributed by atoms with Gasteiger partial charge in [0.15, 0.2) is 0 Å². The van der Waals surface area contributed by atoms with Gasteiger partial charge in [-0.1, -0.05) is 40.5 Å². The zero-order chi connectivity index (χ0) is 10.3. The molecule has 76 valence electrons. The van der Waals surface area contributed by atoms with E-state index >= 15 is 0 Å². The maximum Gasteiger partial charge on any atom is 0.0452 e. The first-order valence-corrected chi connectivity index (χ1v) is 5.97. The highest BCUT2D eigenvalue weighted by molar-refractivity contribution is 9.10. The van der Waals surface area contributed by atoms with E-state index in [-0.39, 0.29) is 0 Å². The first-order chi connectivity index (χ1) is 6.59. The van der Waals surface area contributed by atoms with Gasteiger partial charge in [0.25, 0.3) is 0 Å². The average molecular weight is 275 g/mol. The Morgan fingerprint density at radius 3 is 2.71 bits per heavy atom. The third kappa shape index (κ3) is 1.71. The van der Waals surface area contributed by atoms with Gasteiger partial charge in [-0.25, -0.2) is 0 Å². The van der Waals surface area contributed by atoms with Gasteiger partial charge in [-0.05, 0) is 36.0 Å². The van der Waals surface area contributed by atoms with E-state index in [1.54, 1.807) is 0 Å². The Hall–Kier alpha value is -0.0500. The van der Waals surface area contributed by atoms with E-state index in [1.807, 2.05) is 12.1 Å². The molecule has 0 saturated heterocycles. The van der Waals surface area contributed by atoms with E-state index in [0.29, 0.717) is 17.9 Å². The molecule has 2 rings (SSSR count). The Balaban J connectivity index is 2.25. The van der Waals surface area contributed by atoms with Crippen molar-refractivity contribution in [3.63, 3.8) is 0 Å². The standard InChI is InChI=1S/C11H13BrClN/c1-6-9(5-11(6)14)8-3-2-7(12)4-10(8)13/h2-4,6,9,11H,5,14H2,1H3. The molecule has 14 heavy (non-hydrogen) atoms. The smallest absolute Gasteiger partial charge is 0.0452 e. The van der Waals surface area contributed by atoms with E-state index in [1.165, 1.54) is 5.56 Å². The van der Waals surface area contributed by atoms with Crippen LogP contribution in [0.1, 0.15) is 24.8 Å². The van der Waals surface area contributed by atoms with Gasteiger partial charge in [-0.3, -0.25) is 0 Å². The highest BCUT2D eigenvalue weighted by atomic mass is 79.9. The predicted molar refractivity (Wildman–Crippen MR) is 63.6 cm³/mol. The van der Waals surface area contributed by atoms with Crippen molar-refractivity contribution < 1.29 is 0 Å². The Morgan fingerprint density at radius 1 is 1.50 bits per heavy atom. The van der Waals surface area contributed by atoms with Crippen molar-refractivity contribution in [1.82, 2.24) is 0 Å². The lowest BCUT2D eigenvalue weighted by Crippen LogP contribution is -2.44. The van der Waals surface area contributed by atoms with Crippen LogP contribution < -0.4 is 5.73 Å². The highest BCUT2D eigenvalue weighted by Crippen LogP contribution is 2.44. The summed E-state index contributed by atoms with van der Waals surface area (Å²) in [5.74, 6) is 1.10. The Kier molecular flexibility index (Phi) is 2.87. The van der Waals surface area contributed by atoms with Gasteiger partial charge < -0.3 is 5.73 Å². The Morgan fingerprint density at radius 2 is 2.21 bits per heavy atom. The average Bonchev–Trinajstić information content (AvgIpc) is 2.15. The van der Waals surface area contributed by atoms with Gasteiger partial charge in [0.2, 0.25) is 0 Å². The molecule has 1 nitrogen and oxygen atoms in total. The molecule has 0 bridgehead atoms. The van der Waals surface area contributed by atoms with Gasteiger partial charge in [0, 0.05) is 15.5 Å². The second-order valence-corrected chi connectivity index (χ2v) is 5.35. The maximum absolute atomic E-state index is 6.18. The fourth-order valence-corrected chi connectivity index (χ4v) is 2.85. The molecule has 0 spiro atoms. The van der Waals surface area contributed by atoms with Crippen LogP contribution in [0.15, 0.2) is 22.7 Å². The Bertz CT molecular complexity index is 353. The second kappa shape index (κ2) is 3.84. The molecule has 0 amide bonds. The molecule has 3 atom stereocenters. The summed E-state index contributed by atoms with van der Waals surface area (Å²) in [6.07, 6.45) is 1.06. The van der Waals surface area contributed by atoms with Gasteiger partial charge in [0.1, 0.15) is 0 Å². The molecule has 1 aliphatic carbocycles. The number of hydrogen-bond acceptors (Lipinski definition) is 1. The number of benzene rings is 1. The normalized spacial score (nSPS) is 31.3.